The molecule has 0 aliphatic heterocycles. The minimum atomic E-state index is -1.13. The third-order valence-corrected chi connectivity index (χ3v) is 3.79. The summed E-state index contributed by atoms with van der Waals surface area (Å²) >= 11 is 1.64. The largest absolute Gasteiger partial charge is 0.478 e. The third kappa shape index (κ3) is 2.85. The third-order valence-electron chi connectivity index (χ3n) is 2.78. The van der Waals surface area contributed by atoms with Crippen LogP contribution >= 0.6 is 11.8 Å². The molecule has 0 aliphatic carbocycles. The van der Waals surface area contributed by atoms with Gasteiger partial charge in [-0.05, 0) is 23.3 Å². The van der Waals surface area contributed by atoms with Crippen molar-refractivity contribution in [3.63, 3.8) is 0 Å². The van der Waals surface area contributed by atoms with Crippen LogP contribution in [0.5, 0.6) is 0 Å². The fraction of sp³-hybridized carbons (Fsp3) is 0.385. The van der Waals surface area contributed by atoms with Crippen molar-refractivity contribution >= 4 is 23.6 Å². The molecular formula is C13H17NO3S. The molecular weight excluding hydrogens is 250 g/mol. The van der Waals surface area contributed by atoms with E-state index in [9.17, 15) is 9.59 Å². The van der Waals surface area contributed by atoms with Gasteiger partial charge in [-0.3, -0.25) is 4.79 Å². The van der Waals surface area contributed by atoms with E-state index in [1.54, 1.807) is 23.9 Å². The molecule has 18 heavy (non-hydrogen) atoms. The van der Waals surface area contributed by atoms with Gasteiger partial charge in [0.2, 0.25) is 5.91 Å². The highest BCUT2D eigenvalue weighted by atomic mass is 32.2. The number of benzene rings is 1. The van der Waals surface area contributed by atoms with E-state index in [1.165, 1.54) is 6.07 Å². The van der Waals surface area contributed by atoms with Crippen LogP contribution in [0.3, 0.4) is 0 Å². The van der Waals surface area contributed by atoms with Gasteiger partial charge in [-0.2, -0.15) is 11.8 Å². The van der Waals surface area contributed by atoms with E-state index in [0.29, 0.717) is 5.56 Å². The van der Waals surface area contributed by atoms with Gasteiger partial charge in [0.1, 0.15) is 0 Å². The molecule has 0 aliphatic rings. The maximum atomic E-state index is 11.6. The van der Waals surface area contributed by atoms with Crippen molar-refractivity contribution in [2.24, 2.45) is 5.73 Å². The van der Waals surface area contributed by atoms with Crippen LogP contribution in [0, 0.1) is 0 Å². The maximum Gasteiger partial charge on any atom is 0.336 e. The highest BCUT2D eigenvalue weighted by Gasteiger charge is 2.28. The SMILES string of the molecule is CSCC(C)(C)c1cccc(C(=O)O)c1C(N)=O. The zero-order valence-electron chi connectivity index (χ0n) is 10.7. The standard InChI is InChI=1S/C13H17NO3S/c1-13(2,7-18-3)9-6-4-5-8(12(16)17)10(9)11(14)15/h4-6H,7H2,1-3H3,(H2,14,15)(H,16,17). The van der Waals surface area contributed by atoms with Crippen LogP contribution in [-0.4, -0.2) is 29.0 Å². The maximum absolute atomic E-state index is 11.6. The molecule has 0 saturated heterocycles. The Morgan fingerprint density at radius 2 is 2.00 bits per heavy atom. The number of hydrogen-bond acceptors (Lipinski definition) is 3. The second-order valence-corrected chi connectivity index (χ2v) is 5.58. The van der Waals surface area contributed by atoms with Crippen LogP contribution in [0.2, 0.25) is 0 Å². The first kappa shape index (κ1) is 14.6. The van der Waals surface area contributed by atoms with Gasteiger partial charge >= 0.3 is 5.97 Å². The van der Waals surface area contributed by atoms with Crippen molar-refractivity contribution < 1.29 is 14.7 Å². The summed E-state index contributed by atoms with van der Waals surface area (Å²) in [7, 11) is 0. The van der Waals surface area contributed by atoms with Gasteiger partial charge in [0.05, 0.1) is 11.1 Å². The Morgan fingerprint density at radius 1 is 1.39 bits per heavy atom. The number of aromatic carboxylic acids is 1. The van der Waals surface area contributed by atoms with Crippen LogP contribution in [0.15, 0.2) is 18.2 Å². The van der Waals surface area contributed by atoms with Gasteiger partial charge in [0.15, 0.2) is 0 Å². The number of carbonyl (C=O) groups excluding carboxylic acids is 1. The Hall–Kier alpha value is -1.49. The number of hydrogen-bond donors (Lipinski definition) is 2. The highest BCUT2D eigenvalue weighted by Crippen LogP contribution is 2.31. The lowest BCUT2D eigenvalue weighted by Crippen LogP contribution is -2.28. The molecule has 1 amide bonds. The monoisotopic (exact) mass is 267 g/mol. The van der Waals surface area contributed by atoms with Crippen molar-refractivity contribution in [1.82, 2.24) is 0 Å². The fourth-order valence-electron chi connectivity index (χ4n) is 2.00. The summed E-state index contributed by atoms with van der Waals surface area (Å²) in [6.07, 6.45) is 1.97. The molecule has 1 rings (SSSR count). The average molecular weight is 267 g/mol. The number of carboxylic acids is 1. The molecule has 0 atom stereocenters. The van der Waals surface area contributed by atoms with E-state index in [-0.39, 0.29) is 16.5 Å². The number of carbonyl (C=O) groups is 2. The predicted molar refractivity (Wildman–Crippen MR) is 73.3 cm³/mol. The number of nitrogens with two attached hydrogens (primary N) is 1. The van der Waals surface area contributed by atoms with E-state index in [1.807, 2.05) is 20.1 Å². The molecule has 0 heterocycles. The van der Waals surface area contributed by atoms with Crippen molar-refractivity contribution in [2.45, 2.75) is 19.3 Å². The summed E-state index contributed by atoms with van der Waals surface area (Å²) in [4.78, 5) is 22.7. The topological polar surface area (TPSA) is 80.4 Å². The summed E-state index contributed by atoms with van der Waals surface area (Å²) in [5.41, 5.74) is 5.79. The zero-order chi connectivity index (χ0) is 13.9. The normalized spacial score (nSPS) is 11.3. The fourth-order valence-corrected chi connectivity index (χ4v) is 2.88. The number of carboxylic acid groups (broad SMARTS) is 1. The Balaban J connectivity index is 3.49. The Morgan fingerprint density at radius 3 is 2.44 bits per heavy atom. The molecule has 0 fully saturated rings. The second kappa shape index (κ2) is 5.44. The van der Waals surface area contributed by atoms with Crippen LogP contribution in [0.25, 0.3) is 0 Å². The lowest BCUT2D eigenvalue weighted by molar-refractivity contribution is 0.0691. The van der Waals surface area contributed by atoms with Gasteiger partial charge in [-0.15, -0.1) is 0 Å². The molecule has 5 heteroatoms. The van der Waals surface area contributed by atoms with Crippen molar-refractivity contribution in [1.29, 1.82) is 0 Å². The van der Waals surface area contributed by atoms with Gasteiger partial charge in [-0.1, -0.05) is 26.0 Å². The molecule has 0 aromatic heterocycles. The summed E-state index contributed by atoms with van der Waals surface area (Å²) in [6, 6.07) is 4.82. The van der Waals surface area contributed by atoms with Gasteiger partial charge < -0.3 is 10.8 Å². The molecule has 1 aromatic rings. The first-order chi connectivity index (χ1) is 8.31. The van der Waals surface area contributed by atoms with E-state index < -0.39 is 11.9 Å². The number of rotatable bonds is 5. The summed E-state index contributed by atoms with van der Waals surface area (Å²) in [5, 5.41) is 9.12. The highest BCUT2D eigenvalue weighted by molar-refractivity contribution is 7.98. The first-order valence-corrected chi connectivity index (χ1v) is 6.86. The molecule has 3 N–H and O–H groups in total. The molecule has 0 unspecified atom stereocenters. The van der Waals surface area contributed by atoms with Crippen LogP contribution in [0.4, 0.5) is 0 Å². The van der Waals surface area contributed by atoms with Crippen molar-refractivity contribution in [3.05, 3.63) is 34.9 Å². The van der Waals surface area contributed by atoms with Crippen molar-refractivity contribution in [2.75, 3.05) is 12.0 Å². The number of primary amides is 1. The van der Waals surface area contributed by atoms with Gasteiger partial charge in [0, 0.05) is 5.75 Å². The summed E-state index contributed by atoms with van der Waals surface area (Å²) in [5.74, 6) is -1.06. The first-order valence-electron chi connectivity index (χ1n) is 5.47. The van der Waals surface area contributed by atoms with Crippen LogP contribution in [-0.2, 0) is 5.41 Å². The van der Waals surface area contributed by atoms with Crippen LogP contribution in [0.1, 0.15) is 40.1 Å². The number of amides is 1. The smallest absolute Gasteiger partial charge is 0.336 e. The minimum Gasteiger partial charge on any atom is -0.478 e. The molecule has 0 bridgehead atoms. The zero-order valence-corrected chi connectivity index (χ0v) is 11.5. The molecule has 0 radical (unpaired) electrons. The quantitative estimate of drug-likeness (QED) is 0.856. The van der Waals surface area contributed by atoms with E-state index >= 15 is 0 Å². The molecule has 98 valence electrons. The number of thioether (sulfide) groups is 1. The molecule has 4 nitrogen and oxygen atoms in total. The summed E-state index contributed by atoms with van der Waals surface area (Å²) < 4.78 is 0. The Labute approximate surface area is 111 Å². The van der Waals surface area contributed by atoms with E-state index in [4.69, 9.17) is 10.8 Å². The lowest BCUT2D eigenvalue weighted by atomic mass is 9.81. The van der Waals surface area contributed by atoms with E-state index in [2.05, 4.69) is 0 Å². The Kier molecular flexibility index (Phi) is 4.40. The molecule has 0 saturated carbocycles. The van der Waals surface area contributed by atoms with Gasteiger partial charge in [0.25, 0.3) is 0 Å². The molecule has 0 spiro atoms. The Bertz CT molecular complexity index is 483. The van der Waals surface area contributed by atoms with Gasteiger partial charge in [-0.25, -0.2) is 4.79 Å². The predicted octanol–water partition coefficient (Wildman–Crippen LogP) is 2.12. The second-order valence-electron chi connectivity index (χ2n) is 4.71. The average Bonchev–Trinajstić information content (AvgIpc) is 2.27. The molecule has 1 aromatic carbocycles. The lowest BCUT2D eigenvalue weighted by Gasteiger charge is -2.26. The van der Waals surface area contributed by atoms with E-state index in [0.717, 1.165) is 5.75 Å². The summed E-state index contributed by atoms with van der Waals surface area (Å²) in [6.45, 7) is 3.94. The minimum absolute atomic E-state index is 0.0332. The van der Waals surface area contributed by atoms with Crippen LogP contribution < -0.4 is 5.73 Å². The van der Waals surface area contributed by atoms with Crippen molar-refractivity contribution in [3.8, 4) is 0 Å².